The molecule has 0 N–H and O–H groups in total. The monoisotopic (exact) mass is 456 g/mol. The van der Waals surface area contributed by atoms with Gasteiger partial charge in [-0.1, -0.05) is 41.6 Å². The number of halogens is 1. The van der Waals surface area contributed by atoms with E-state index >= 15 is 0 Å². The van der Waals surface area contributed by atoms with Gasteiger partial charge in [0.25, 0.3) is 0 Å². The molecule has 0 spiro atoms. The summed E-state index contributed by atoms with van der Waals surface area (Å²) in [7, 11) is 0. The molecular weight excluding hydrogens is 436 g/mol. The van der Waals surface area contributed by atoms with Gasteiger partial charge in [0, 0.05) is 28.8 Å². The Morgan fingerprint density at radius 2 is 1.87 bits per heavy atom. The first-order valence-corrected chi connectivity index (χ1v) is 11.9. The molecule has 0 fully saturated rings. The maximum atomic E-state index is 6.30. The lowest BCUT2D eigenvalue weighted by molar-refractivity contribution is 0.340. The average molecular weight is 457 g/mol. The van der Waals surface area contributed by atoms with E-state index in [2.05, 4.69) is 27.1 Å². The predicted molar refractivity (Wildman–Crippen MR) is 124 cm³/mol. The molecule has 0 aliphatic carbocycles. The molecule has 2 heterocycles. The van der Waals surface area contributed by atoms with Crippen LogP contribution < -0.4 is 4.74 Å². The summed E-state index contributed by atoms with van der Waals surface area (Å²) in [4.78, 5) is 4.75. The summed E-state index contributed by atoms with van der Waals surface area (Å²) in [5.41, 5.74) is 3.00. The number of ether oxygens (including phenoxy) is 1. The van der Waals surface area contributed by atoms with Gasteiger partial charge < -0.3 is 9.30 Å². The molecule has 2 aromatic heterocycles. The second kappa shape index (κ2) is 9.64. The molecule has 4 rings (SSSR count). The normalized spacial score (nSPS) is 11.0. The minimum absolute atomic E-state index is 0.653. The lowest BCUT2D eigenvalue weighted by Crippen LogP contribution is -2.00. The molecule has 0 saturated heterocycles. The van der Waals surface area contributed by atoms with Gasteiger partial charge in [-0.05, 0) is 44.2 Å². The van der Waals surface area contributed by atoms with Crippen LogP contribution in [0.4, 0.5) is 0 Å². The van der Waals surface area contributed by atoms with Crippen LogP contribution in [0.5, 0.6) is 5.75 Å². The summed E-state index contributed by atoms with van der Waals surface area (Å²) < 4.78 is 7.65. The Balaban J connectivity index is 1.49. The number of hydrogen-bond acceptors (Lipinski definition) is 6. The number of hydrogen-bond donors (Lipinski definition) is 0. The first-order chi connectivity index (χ1) is 14.7. The third-order valence-corrected chi connectivity index (χ3v) is 6.72. The van der Waals surface area contributed by atoms with Crippen LogP contribution in [0.1, 0.15) is 19.5 Å². The summed E-state index contributed by atoms with van der Waals surface area (Å²) in [6.45, 7) is 5.52. The molecule has 4 aromatic rings. The zero-order valence-corrected chi connectivity index (χ0v) is 19.1. The second-order valence-electron chi connectivity index (χ2n) is 6.42. The van der Waals surface area contributed by atoms with Crippen molar-refractivity contribution in [3.8, 4) is 27.7 Å². The van der Waals surface area contributed by atoms with Crippen LogP contribution >= 0.6 is 34.7 Å². The van der Waals surface area contributed by atoms with E-state index in [0.29, 0.717) is 6.61 Å². The molecule has 0 radical (unpaired) electrons. The van der Waals surface area contributed by atoms with E-state index in [4.69, 9.17) is 21.3 Å². The molecule has 0 bridgehead atoms. The Morgan fingerprint density at radius 1 is 1.07 bits per heavy atom. The van der Waals surface area contributed by atoms with Crippen LogP contribution in [0.25, 0.3) is 22.0 Å². The summed E-state index contributed by atoms with van der Waals surface area (Å²) in [6.07, 6.45) is 0. The van der Waals surface area contributed by atoms with E-state index in [1.807, 2.05) is 55.5 Å². The Kier molecular flexibility index (Phi) is 6.72. The van der Waals surface area contributed by atoms with Gasteiger partial charge in [0.1, 0.15) is 10.8 Å². The molecule has 154 valence electrons. The van der Waals surface area contributed by atoms with Crippen molar-refractivity contribution in [2.75, 3.05) is 6.61 Å². The summed E-state index contributed by atoms with van der Waals surface area (Å²) in [6, 6.07) is 15.8. The zero-order chi connectivity index (χ0) is 20.9. The van der Waals surface area contributed by atoms with Crippen molar-refractivity contribution in [3.05, 3.63) is 64.6 Å². The fraction of sp³-hybridized carbons (Fsp3) is 0.227. The Labute approximate surface area is 189 Å². The van der Waals surface area contributed by atoms with Crippen LogP contribution in [0.15, 0.2) is 59.1 Å². The largest absolute Gasteiger partial charge is 0.494 e. The quantitative estimate of drug-likeness (QED) is 0.286. The Morgan fingerprint density at radius 3 is 2.60 bits per heavy atom. The van der Waals surface area contributed by atoms with Gasteiger partial charge in [-0.15, -0.1) is 21.5 Å². The third kappa shape index (κ3) is 4.53. The maximum Gasteiger partial charge on any atom is 0.191 e. The topological polar surface area (TPSA) is 52.8 Å². The number of nitrogens with zero attached hydrogens (tertiary/aromatic N) is 4. The fourth-order valence-corrected chi connectivity index (χ4v) is 5.17. The van der Waals surface area contributed by atoms with Crippen molar-refractivity contribution in [2.45, 2.75) is 31.3 Å². The highest BCUT2D eigenvalue weighted by atomic mass is 35.5. The van der Waals surface area contributed by atoms with Gasteiger partial charge in [0.15, 0.2) is 11.0 Å². The minimum Gasteiger partial charge on any atom is -0.494 e. The summed E-state index contributed by atoms with van der Waals surface area (Å²) in [5, 5.41) is 13.5. The van der Waals surface area contributed by atoms with Gasteiger partial charge in [0.05, 0.1) is 17.3 Å². The maximum absolute atomic E-state index is 6.30. The first-order valence-electron chi connectivity index (χ1n) is 9.68. The van der Waals surface area contributed by atoms with Crippen molar-refractivity contribution in [1.29, 1.82) is 0 Å². The molecular formula is C22H21ClN4OS2. The molecule has 0 saturated carbocycles. The van der Waals surface area contributed by atoms with Crippen molar-refractivity contribution < 1.29 is 4.74 Å². The average Bonchev–Trinajstić information content (AvgIpc) is 3.40. The van der Waals surface area contributed by atoms with Gasteiger partial charge >= 0.3 is 0 Å². The highest BCUT2D eigenvalue weighted by Gasteiger charge is 2.15. The molecule has 0 aliphatic rings. The molecule has 8 heteroatoms. The lowest BCUT2D eigenvalue weighted by Gasteiger charge is -2.08. The van der Waals surface area contributed by atoms with Crippen molar-refractivity contribution in [3.63, 3.8) is 0 Å². The number of thiazole rings is 1. The highest BCUT2D eigenvalue weighted by Crippen LogP contribution is 2.32. The fourth-order valence-electron chi connectivity index (χ4n) is 3.03. The second-order valence-corrected chi connectivity index (χ2v) is 8.63. The van der Waals surface area contributed by atoms with E-state index in [1.54, 1.807) is 23.1 Å². The lowest BCUT2D eigenvalue weighted by atomic mass is 10.2. The summed E-state index contributed by atoms with van der Waals surface area (Å²) >= 11 is 9.55. The number of thioether (sulfide) groups is 1. The van der Waals surface area contributed by atoms with Crippen molar-refractivity contribution in [2.24, 2.45) is 0 Å². The smallest absolute Gasteiger partial charge is 0.191 e. The molecule has 30 heavy (non-hydrogen) atoms. The molecule has 5 nitrogen and oxygen atoms in total. The van der Waals surface area contributed by atoms with Crippen molar-refractivity contribution >= 4 is 34.7 Å². The van der Waals surface area contributed by atoms with E-state index in [-0.39, 0.29) is 0 Å². The highest BCUT2D eigenvalue weighted by molar-refractivity contribution is 7.98. The van der Waals surface area contributed by atoms with Crippen LogP contribution in [0, 0.1) is 0 Å². The molecule has 0 aliphatic heterocycles. The van der Waals surface area contributed by atoms with Gasteiger partial charge in [0.2, 0.25) is 0 Å². The van der Waals surface area contributed by atoms with Crippen LogP contribution in [0.3, 0.4) is 0 Å². The van der Waals surface area contributed by atoms with Crippen LogP contribution in [0.2, 0.25) is 5.02 Å². The summed E-state index contributed by atoms with van der Waals surface area (Å²) in [5.74, 6) is 2.44. The molecule has 0 atom stereocenters. The zero-order valence-electron chi connectivity index (χ0n) is 16.7. The molecule has 0 amide bonds. The predicted octanol–water partition coefficient (Wildman–Crippen LogP) is 6.43. The molecule has 0 unspecified atom stereocenters. The standard InChI is InChI=1S/C22H21ClN4OS2/c1-3-27-20(15-9-11-17(12-10-15)28-4-2)25-26-22(27)30-14-16-13-29-21(24-16)18-7-5-6-8-19(18)23/h5-13H,3-4,14H2,1-2H3. The first kappa shape index (κ1) is 20.9. The molecule has 2 aromatic carbocycles. The van der Waals surface area contributed by atoms with E-state index < -0.39 is 0 Å². The number of benzene rings is 2. The number of aromatic nitrogens is 4. The Hall–Kier alpha value is -2.35. The Bertz CT molecular complexity index is 1120. The van der Waals surface area contributed by atoms with Crippen LogP contribution in [-0.2, 0) is 12.3 Å². The van der Waals surface area contributed by atoms with Crippen molar-refractivity contribution in [1.82, 2.24) is 19.7 Å². The SMILES string of the molecule is CCOc1ccc(-c2nnc(SCc3csc(-c4ccccc4Cl)n3)n2CC)cc1. The van der Waals surface area contributed by atoms with E-state index in [1.165, 1.54) is 0 Å². The van der Waals surface area contributed by atoms with Crippen LogP contribution in [-0.4, -0.2) is 26.4 Å². The van der Waals surface area contributed by atoms with Gasteiger partial charge in [-0.2, -0.15) is 0 Å². The van der Waals surface area contributed by atoms with E-state index in [9.17, 15) is 0 Å². The third-order valence-electron chi connectivity index (χ3n) is 4.46. The van der Waals surface area contributed by atoms with Gasteiger partial charge in [-0.3, -0.25) is 0 Å². The minimum atomic E-state index is 0.653. The van der Waals surface area contributed by atoms with E-state index in [0.717, 1.165) is 55.9 Å². The van der Waals surface area contributed by atoms with Gasteiger partial charge in [-0.25, -0.2) is 4.98 Å². The number of rotatable bonds is 8.